The highest BCUT2D eigenvalue weighted by molar-refractivity contribution is 6.31. The van der Waals surface area contributed by atoms with Crippen LogP contribution >= 0.6 is 11.6 Å². The average molecular weight is 371 g/mol. The van der Waals surface area contributed by atoms with Crippen molar-refractivity contribution < 1.29 is 14.6 Å². The van der Waals surface area contributed by atoms with Crippen LogP contribution in [0.1, 0.15) is 17.0 Å². The van der Waals surface area contributed by atoms with E-state index in [0.29, 0.717) is 28.8 Å². The third-order valence-electron chi connectivity index (χ3n) is 4.16. The number of benzene rings is 2. The lowest BCUT2D eigenvalue weighted by Gasteiger charge is -2.13. The summed E-state index contributed by atoms with van der Waals surface area (Å²) in [4.78, 5) is 16.6. The Labute approximate surface area is 154 Å². The molecule has 0 radical (unpaired) electrons. The Bertz CT molecular complexity index is 1030. The summed E-state index contributed by atoms with van der Waals surface area (Å²) in [6.07, 6.45) is 0.352. The minimum absolute atomic E-state index is 0.195. The number of rotatable bonds is 4. The van der Waals surface area contributed by atoms with E-state index in [-0.39, 0.29) is 24.8 Å². The molecule has 26 heavy (non-hydrogen) atoms. The van der Waals surface area contributed by atoms with Crippen LogP contribution in [0.15, 0.2) is 53.3 Å². The normalized spacial score (nSPS) is 12.3. The number of hydrogen-bond acceptors (Lipinski definition) is 5. The lowest BCUT2D eigenvalue weighted by atomic mass is 10.1. The molecule has 7 heteroatoms. The summed E-state index contributed by atoms with van der Waals surface area (Å²) in [7, 11) is 0. The first kappa shape index (κ1) is 16.5. The van der Waals surface area contributed by atoms with Crippen molar-refractivity contribution in [3.8, 4) is 17.4 Å². The van der Waals surface area contributed by atoms with Crippen LogP contribution in [0.5, 0.6) is 17.4 Å². The van der Waals surface area contributed by atoms with Crippen molar-refractivity contribution in [1.29, 1.82) is 0 Å². The summed E-state index contributed by atoms with van der Waals surface area (Å²) >= 11 is 6.22. The highest BCUT2D eigenvalue weighted by Crippen LogP contribution is 2.33. The highest BCUT2D eigenvalue weighted by atomic mass is 35.5. The smallest absolute Gasteiger partial charge is 0.257 e. The van der Waals surface area contributed by atoms with E-state index < -0.39 is 0 Å². The molecular formula is C19H15ClN2O4. The maximum Gasteiger partial charge on any atom is 0.257 e. The van der Waals surface area contributed by atoms with Gasteiger partial charge < -0.3 is 14.6 Å². The zero-order valence-electron chi connectivity index (χ0n) is 13.7. The fraction of sp³-hybridized carbons (Fsp3) is 0.158. The molecule has 0 spiro atoms. The van der Waals surface area contributed by atoms with Gasteiger partial charge >= 0.3 is 0 Å². The van der Waals surface area contributed by atoms with Crippen LogP contribution in [-0.4, -0.2) is 21.5 Å². The van der Waals surface area contributed by atoms with Crippen molar-refractivity contribution in [3.05, 3.63) is 80.9 Å². The number of hydrogen-bond donors (Lipinski definition) is 1. The highest BCUT2D eigenvalue weighted by Gasteiger charge is 2.16. The van der Waals surface area contributed by atoms with Crippen LogP contribution in [0.2, 0.25) is 5.02 Å². The molecule has 0 saturated carbocycles. The van der Waals surface area contributed by atoms with Gasteiger partial charge in [0, 0.05) is 11.4 Å². The number of aromatic nitrogens is 2. The molecular weight excluding hydrogens is 356 g/mol. The van der Waals surface area contributed by atoms with Gasteiger partial charge in [0.15, 0.2) is 11.5 Å². The van der Waals surface area contributed by atoms with E-state index in [2.05, 4.69) is 4.98 Å². The molecule has 0 amide bonds. The summed E-state index contributed by atoms with van der Waals surface area (Å²) in [5.41, 5.74) is 1.35. The summed E-state index contributed by atoms with van der Waals surface area (Å²) in [6, 6.07) is 14.0. The van der Waals surface area contributed by atoms with Gasteiger partial charge in [-0.3, -0.25) is 9.36 Å². The first-order valence-corrected chi connectivity index (χ1v) is 8.39. The fourth-order valence-electron chi connectivity index (χ4n) is 2.87. The third kappa shape index (κ3) is 3.23. The van der Waals surface area contributed by atoms with E-state index >= 15 is 0 Å². The van der Waals surface area contributed by atoms with Crippen LogP contribution in [0.4, 0.5) is 0 Å². The second-order valence-electron chi connectivity index (χ2n) is 5.91. The molecule has 132 valence electrons. The van der Waals surface area contributed by atoms with Gasteiger partial charge in [-0.05, 0) is 29.3 Å². The first-order chi connectivity index (χ1) is 12.6. The van der Waals surface area contributed by atoms with Crippen molar-refractivity contribution in [2.45, 2.75) is 13.0 Å². The maximum absolute atomic E-state index is 12.4. The molecule has 1 aliphatic heterocycles. The quantitative estimate of drug-likeness (QED) is 0.764. The molecule has 0 fully saturated rings. The molecule has 0 aliphatic carbocycles. The summed E-state index contributed by atoms with van der Waals surface area (Å²) in [6.45, 7) is 0.464. The summed E-state index contributed by atoms with van der Waals surface area (Å²) in [5, 5.41) is 10.3. The van der Waals surface area contributed by atoms with Gasteiger partial charge in [0.1, 0.15) is 5.82 Å². The van der Waals surface area contributed by atoms with Gasteiger partial charge in [0.05, 0.1) is 12.6 Å². The van der Waals surface area contributed by atoms with Gasteiger partial charge in [0.2, 0.25) is 12.7 Å². The first-order valence-electron chi connectivity index (χ1n) is 8.02. The van der Waals surface area contributed by atoms with Crippen LogP contribution < -0.4 is 15.0 Å². The Balaban J connectivity index is 1.71. The molecule has 4 rings (SSSR count). The third-order valence-corrected chi connectivity index (χ3v) is 4.53. The Morgan fingerprint density at radius 3 is 2.77 bits per heavy atom. The summed E-state index contributed by atoms with van der Waals surface area (Å²) in [5.74, 6) is 1.48. The standard InChI is InChI=1S/C19H15ClN2O4/c20-14-4-2-1-3-13(14)10-22-17(21-18(23)9-19(22)24)8-12-5-6-15-16(7-12)26-11-25-15/h1-7,9,23H,8,10-11H2. The van der Waals surface area contributed by atoms with Crippen molar-refractivity contribution in [2.24, 2.45) is 0 Å². The minimum atomic E-state index is -0.340. The lowest BCUT2D eigenvalue weighted by Crippen LogP contribution is -2.25. The van der Waals surface area contributed by atoms with Crippen molar-refractivity contribution in [3.63, 3.8) is 0 Å². The fourth-order valence-corrected chi connectivity index (χ4v) is 3.07. The number of halogens is 1. The van der Waals surface area contributed by atoms with Gasteiger partial charge in [-0.2, -0.15) is 4.98 Å². The van der Waals surface area contributed by atoms with Crippen molar-refractivity contribution >= 4 is 11.6 Å². The monoisotopic (exact) mass is 370 g/mol. The number of aromatic hydroxyl groups is 1. The van der Waals surface area contributed by atoms with E-state index in [1.54, 1.807) is 6.07 Å². The molecule has 1 aliphatic rings. The van der Waals surface area contributed by atoms with E-state index in [4.69, 9.17) is 21.1 Å². The van der Waals surface area contributed by atoms with E-state index in [0.717, 1.165) is 17.2 Å². The SMILES string of the molecule is O=c1cc(O)nc(Cc2ccc3c(c2)OCO3)n1Cc1ccccc1Cl. The summed E-state index contributed by atoms with van der Waals surface area (Å²) < 4.78 is 12.2. The Kier molecular flexibility index (Phi) is 4.26. The molecule has 1 aromatic heterocycles. The van der Waals surface area contributed by atoms with Gasteiger partial charge in [-0.25, -0.2) is 0 Å². The van der Waals surface area contributed by atoms with Gasteiger partial charge in [-0.1, -0.05) is 35.9 Å². The number of ether oxygens (including phenoxy) is 2. The predicted molar refractivity (Wildman–Crippen MR) is 96.1 cm³/mol. The van der Waals surface area contributed by atoms with E-state index in [1.165, 1.54) is 4.57 Å². The molecule has 0 atom stereocenters. The second kappa shape index (κ2) is 6.72. The van der Waals surface area contributed by atoms with E-state index in [9.17, 15) is 9.90 Å². The molecule has 2 aromatic carbocycles. The minimum Gasteiger partial charge on any atom is -0.493 e. The van der Waals surface area contributed by atoms with Gasteiger partial charge in [0.25, 0.3) is 5.56 Å². The van der Waals surface area contributed by atoms with Crippen LogP contribution in [0, 0.1) is 0 Å². The van der Waals surface area contributed by atoms with E-state index in [1.807, 2.05) is 36.4 Å². The molecule has 1 N–H and O–H groups in total. The lowest BCUT2D eigenvalue weighted by molar-refractivity contribution is 0.174. The molecule has 3 aromatic rings. The van der Waals surface area contributed by atoms with Gasteiger partial charge in [-0.15, -0.1) is 0 Å². The van der Waals surface area contributed by atoms with Crippen LogP contribution in [0.3, 0.4) is 0 Å². The Hall–Kier alpha value is -2.99. The topological polar surface area (TPSA) is 73.6 Å². The van der Waals surface area contributed by atoms with Crippen LogP contribution in [0.25, 0.3) is 0 Å². The van der Waals surface area contributed by atoms with Crippen molar-refractivity contribution in [1.82, 2.24) is 9.55 Å². The molecule has 0 bridgehead atoms. The average Bonchev–Trinajstić information content (AvgIpc) is 3.07. The number of nitrogens with zero attached hydrogens (tertiary/aromatic N) is 2. The Morgan fingerprint density at radius 1 is 1.12 bits per heavy atom. The number of fused-ring (bicyclic) bond motifs is 1. The molecule has 6 nitrogen and oxygen atoms in total. The zero-order chi connectivity index (χ0) is 18.1. The predicted octanol–water partition coefficient (Wildman–Crippen LogP) is 2.97. The Morgan fingerprint density at radius 2 is 1.92 bits per heavy atom. The zero-order valence-corrected chi connectivity index (χ0v) is 14.4. The van der Waals surface area contributed by atoms with Crippen molar-refractivity contribution in [2.75, 3.05) is 6.79 Å². The molecule has 0 saturated heterocycles. The molecule has 0 unspecified atom stereocenters. The molecule has 2 heterocycles. The second-order valence-corrected chi connectivity index (χ2v) is 6.32. The maximum atomic E-state index is 12.4. The van der Waals surface area contributed by atoms with Crippen LogP contribution in [-0.2, 0) is 13.0 Å². The largest absolute Gasteiger partial charge is 0.493 e.